The number of hydrogen-bond donors (Lipinski definition) is 2. The third kappa shape index (κ3) is 7.07. The molecule has 0 radical (unpaired) electrons. The van der Waals surface area contributed by atoms with Crippen LogP contribution in [0.5, 0.6) is 5.75 Å². The SMILES string of the molecule is CCOc1ccc(SCC(=O)NNC(=O)Cc2ccc(Cl)cc2)cc1. The van der Waals surface area contributed by atoms with Crippen molar-refractivity contribution in [1.29, 1.82) is 0 Å². The molecule has 0 spiro atoms. The Kier molecular flexibility index (Phi) is 7.63. The number of ether oxygens (including phenoxy) is 1. The van der Waals surface area contributed by atoms with E-state index in [2.05, 4.69) is 10.9 Å². The van der Waals surface area contributed by atoms with E-state index >= 15 is 0 Å². The number of hydrogen-bond acceptors (Lipinski definition) is 4. The molecular weight excluding hydrogens is 360 g/mol. The summed E-state index contributed by atoms with van der Waals surface area (Å²) >= 11 is 7.17. The van der Waals surface area contributed by atoms with E-state index in [1.807, 2.05) is 31.2 Å². The maximum Gasteiger partial charge on any atom is 0.248 e. The average molecular weight is 379 g/mol. The fraction of sp³-hybridized carbons (Fsp3) is 0.222. The van der Waals surface area contributed by atoms with Crippen LogP contribution in [0.15, 0.2) is 53.4 Å². The van der Waals surface area contributed by atoms with Crippen LogP contribution in [0.25, 0.3) is 0 Å². The van der Waals surface area contributed by atoms with Crippen LogP contribution < -0.4 is 15.6 Å². The standard InChI is InChI=1S/C18H19ClN2O3S/c1-2-24-15-7-9-16(10-8-15)25-12-18(23)21-20-17(22)11-13-3-5-14(19)6-4-13/h3-10H,2,11-12H2,1H3,(H,20,22)(H,21,23). The Morgan fingerprint density at radius 2 is 1.64 bits per heavy atom. The van der Waals surface area contributed by atoms with E-state index < -0.39 is 0 Å². The second kappa shape index (κ2) is 9.96. The van der Waals surface area contributed by atoms with E-state index in [0.717, 1.165) is 16.2 Å². The monoisotopic (exact) mass is 378 g/mol. The van der Waals surface area contributed by atoms with Crippen LogP contribution in [0, 0.1) is 0 Å². The zero-order valence-corrected chi connectivity index (χ0v) is 15.3. The summed E-state index contributed by atoms with van der Waals surface area (Å²) < 4.78 is 5.36. The van der Waals surface area contributed by atoms with Crippen molar-refractivity contribution in [2.24, 2.45) is 0 Å². The van der Waals surface area contributed by atoms with Crippen molar-refractivity contribution >= 4 is 35.2 Å². The molecule has 132 valence electrons. The Morgan fingerprint density at radius 1 is 1.00 bits per heavy atom. The topological polar surface area (TPSA) is 67.4 Å². The summed E-state index contributed by atoms with van der Waals surface area (Å²) in [6.45, 7) is 2.54. The molecule has 0 aliphatic heterocycles. The minimum absolute atomic E-state index is 0.170. The van der Waals surface area contributed by atoms with E-state index in [0.29, 0.717) is 11.6 Å². The zero-order chi connectivity index (χ0) is 18.1. The van der Waals surface area contributed by atoms with Gasteiger partial charge in [0.15, 0.2) is 0 Å². The highest BCUT2D eigenvalue weighted by Gasteiger charge is 2.07. The molecule has 0 unspecified atom stereocenters. The van der Waals surface area contributed by atoms with Crippen LogP contribution in [-0.2, 0) is 16.0 Å². The van der Waals surface area contributed by atoms with Crippen LogP contribution in [0.3, 0.4) is 0 Å². The molecule has 7 heteroatoms. The van der Waals surface area contributed by atoms with Gasteiger partial charge >= 0.3 is 0 Å². The minimum atomic E-state index is -0.290. The van der Waals surface area contributed by atoms with Gasteiger partial charge in [0.05, 0.1) is 18.8 Å². The van der Waals surface area contributed by atoms with Gasteiger partial charge < -0.3 is 4.74 Å². The number of rotatable bonds is 7. The Labute approximate surface area is 156 Å². The minimum Gasteiger partial charge on any atom is -0.494 e. The lowest BCUT2D eigenvalue weighted by Gasteiger charge is -2.08. The molecule has 2 aromatic rings. The number of hydrazine groups is 1. The number of benzene rings is 2. The number of amides is 2. The molecule has 0 aliphatic carbocycles. The molecular formula is C18H19ClN2O3S. The first-order chi connectivity index (χ1) is 12.1. The second-order valence-electron chi connectivity index (χ2n) is 5.09. The van der Waals surface area contributed by atoms with Crippen LogP contribution in [0.4, 0.5) is 0 Å². The Balaban J connectivity index is 1.69. The van der Waals surface area contributed by atoms with Crippen LogP contribution in [0.2, 0.25) is 5.02 Å². The lowest BCUT2D eigenvalue weighted by Crippen LogP contribution is -2.43. The van der Waals surface area contributed by atoms with E-state index in [-0.39, 0.29) is 24.0 Å². The summed E-state index contributed by atoms with van der Waals surface area (Å²) in [4.78, 5) is 24.5. The smallest absolute Gasteiger partial charge is 0.248 e. The summed E-state index contributed by atoms with van der Waals surface area (Å²) in [6, 6.07) is 14.5. The molecule has 5 nitrogen and oxygen atoms in total. The third-order valence-electron chi connectivity index (χ3n) is 3.12. The van der Waals surface area contributed by atoms with Crippen LogP contribution >= 0.6 is 23.4 Å². The third-order valence-corrected chi connectivity index (χ3v) is 4.39. The summed E-state index contributed by atoms with van der Waals surface area (Å²) in [6.07, 6.45) is 0.170. The fourth-order valence-corrected chi connectivity index (χ4v) is 2.78. The Morgan fingerprint density at radius 3 is 2.28 bits per heavy atom. The van der Waals surface area contributed by atoms with Crippen molar-refractivity contribution in [2.45, 2.75) is 18.2 Å². The largest absolute Gasteiger partial charge is 0.494 e. The maximum absolute atomic E-state index is 11.8. The van der Waals surface area contributed by atoms with Crippen molar-refractivity contribution in [3.63, 3.8) is 0 Å². The van der Waals surface area contributed by atoms with Crippen molar-refractivity contribution in [2.75, 3.05) is 12.4 Å². The van der Waals surface area contributed by atoms with E-state index in [1.165, 1.54) is 11.8 Å². The van der Waals surface area contributed by atoms with Gasteiger partial charge in [-0.3, -0.25) is 20.4 Å². The molecule has 0 aromatic heterocycles. The van der Waals surface area contributed by atoms with Gasteiger partial charge in [0.25, 0.3) is 0 Å². The summed E-state index contributed by atoms with van der Waals surface area (Å²) in [5.41, 5.74) is 5.63. The van der Waals surface area contributed by atoms with Crippen molar-refractivity contribution in [3.8, 4) is 5.75 Å². The van der Waals surface area contributed by atoms with Gasteiger partial charge in [-0.05, 0) is 48.9 Å². The number of halogens is 1. The van der Waals surface area contributed by atoms with Gasteiger partial charge in [0.1, 0.15) is 5.75 Å². The first-order valence-electron chi connectivity index (χ1n) is 7.74. The quantitative estimate of drug-likeness (QED) is 0.573. The lowest BCUT2D eigenvalue weighted by molar-refractivity contribution is -0.127. The molecule has 2 amide bonds. The van der Waals surface area contributed by atoms with Gasteiger partial charge in [-0.25, -0.2) is 0 Å². The Hall–Kier alpha value is -2.18. The summed E-state index contributed by atoms with van der Waals surface area (Å²) in [5.74, 6) is 0.436. The van der Waals surface area contributed by atoms with Gasteiger partial charge in [-0.15, -0.1) is 11.8 Å². The van der Waals surface area contributed by atoms with Gasteiger partial charge in [-0.2, -0.15) is 0 Å². The molecule has 0 atom stereocenters. The van der Waals surface area contributed by atoms with Crippen LogP contribution in [0.1, 0.15) is 12.5 Å². The summed E-state index contributed by atoms with van der Waals surface area (Å²) in [7, 11) is 0. The molecule has 0 saturated heterocycles. The van der Waals surface area contributed by atoms with E-state index in [9.17, 15) is 9.59 Å². The van der Waals surface area contributed by atoms with Crippen molar-refractivity contribution in [3.05, 3.63) is 59.1 Å². The molecule has 2 rings (SSSR count). The molecule has 0 aliphatic rings. The highest BCUT2D eigenvalue weighted by atomic mass is 35.5. The molecule has 0 heterocycles. The number of carbonyl (C=O) groups excluding carboxylic acids is 2. The van der Waals surface area contributed by atoms with Crippen LogP contribution in [-0.4, -0.2) is 24.2 Å². The van der Waals surface area contributed by atoms with Gasteiger partial charge in [0.2, 0.25) is 11.8 Å². The predicted molar refractivity (Wildman–Crippen MR) is 99.8 cm³/mol. The highest BCUT2D eigenvalue weighted by Crippen LogP contribution is 2.21. The molecule has 0 saturated carbocycles. The lowest BCUT2D eigenvalue weighted by atomic mass is 10.1. The summed E-state index contributed by atoms with van der Waals surface area (Å²) in [5, 5.41) is 0.615. The molecule has 2 N–H and O–H groups in total. The highest BCUT2D eigenvalue weighted by molar-refractivity contribution is 8.00. The molecule has 0 bridgehead atoms. The average Bonchev–Trinajstić information content (AvgIpc) is 2.61. The molecule has 0 fully saturated rings. The Bertz CT molecular complexity index is 705. The first kappa shape index (κ1) is 19.1. The first-order valence-corrected chi connectivity index (χ1v) is 9.11. The van der Waals surface area contributed by atoms with E-state index in [1.54, 1.807) is 24.3 Å². The van der Waals surface area contributed by atoms with Gasteiger partial charge in [-0.1, -0.05) is 23.7 Å². The number of carbonyl (C=O) groups is 2. The zero-order valence-electron chi connectivity index (χ0n) is 13.8. The van der Waals surface area contributed by atoms with Gasteiger partial charge in [0, 0.05) is 9.92 Å². The number of nitrogens with one attached hydrogen (secondary N) is 2. The predicted octanol–water partition coefficient (Wildman–Crippen LogP) is 3.22. The second-order valence-corrected chi connectivity index (χ2v) is 6.58. The van der Waals surface area contributed by atoms with E-state index in [4.69, 9.17) is 16.3 Å². The maximum atomic E-state index is 11.8. The fourth-order valence-electron chi connectivity index (χ4n) is 1.95. The molecule has 2 aromatic carbocycles. The number of thioether (sulfide) groups is 1. The molecule has 25 heavy (non-hydrogen) atoms. The normalized spacial score (nSPS) is 10.2. The van der Waals surface area contributed by atoms with Crippen molar-refractivity contribution in [1.82, 2.24) is 10.9 Å². The van der Waals surface area contributed by atoms with Crippen molar-refractivity contribution < 1.29 is 14.3 Å².